The summed E-state index contributed by atoms with van der Waals surface area (Å²) in [5.41, 5.74) is 1.82. The standard InChI is InChI=1S/C38H50O3Si/c1-25(24-40-42(36(2,3)4,27-13-9-7-10-14-27)28-15-11-8-12-16-28)29-17-18-30-33-31(20-22-37(29,30)5)38(6)21-19-26(39)23-32(38)34-35(33)41-34/h7-16,23,25,29-31,33-35H,17-22,24H2,1-6H3/t25-,29-,30+,31+,33+,34+,35-,37-,38-/m1/s1. The zero-order valence-electron chi connectivity index (χ0n) is 26.6. The Labute approximate surface area is 254 Å². The molecule has 3 saturated carbocycles. The fourth-order valence-electron chi connectivity index (χ4n) is 10.9. The fraction of sp³-hybridized carbons (Fsp3) is 0.605. The van der Waals surface area contributed by atoms with Crippen molar-refractivity contribution in [3.8, 4) is 0 Å². The molecule has 0 N–H and O–H groups in total. The van der Waals surface area contributed by atoms with Crippen molar-refractivity contribution in [2.45, 2.75) is 97.3 Å². The molecule has 3 nitrogen and oxygen atoms in total. The first-order chi connectivity index (χ1) is 20.0. The van der Waals surface area contributed by atoms with Crippen LogP contribution in [0.5, 0.6) is 0 Å². The average Bonchev–Trinajstić information content (AvgIpc) is 3.68. The zero-order chi connectivity index (χ0) is 29.5. The second kappa shape index (κ2) is 10.0. The van der Waals surface area contributed by atoms with E-state index in [4.69, 9.17) is 9.16 Å². The summed E-state index contributed by atoms with van der Waals surface area (Å²) in [6, 6.07) is 22.2. The Morgan fingerprint density at radius 3 is 2.19 bits per heavy atom. The van der Waals surface area contributed by atoms with E-state index in [1.54, 1.807) is 0 Å². The summed E-state index contributed by atoms with van der Waals surface area (Å²) in [5.74, 6) is 3.47. The molecule has 2 aromatic carbocycles. The van der Waals surface area contributed by atoms with E-state index in [0.717, 1.165) is 13.0 Å². The number of hydrogen-bond acceptors (Lipinski definition) is 3. The van der Waals surface area contributed by atoms with Gasteiger partial charge in [-0.2, -0.15) is 0 Å². The molecule has 0 amide bonds. The smallest absolute Gasteiger partial charge is 0.261 e. The quantitative estimate of drug-likeness (QED) is 0.264. The number of hydrogen-bond donors (Lipinski definition) is 0. The van der Waals surface area contributed by atoms with Crippen molar-refractivity contribution in [2.75, 3.05) is 6.61 Å². The Morgan fingerprint density at radius 1 is 0.929 bits per heavy atom. The number of carbonyl (C=O) groups is 1. The molecule has 1 saturated heterocycles. The minimum Gasteiger partial charge on any atom is -0.407 e. The SMILES string of the molecule is C[C@H](CO[Si](c1ccccc1)(c1ccccc1)C(C)(C)C)[C@H]1CC[C@H]2[C@@H]3[C@H]4O[C@H]4C4=CC(=O)CC[C@]4(C)[C@H]3CC[C@]12C. The number of carbonyl (C=O) groups excluding carboxylic acids is 1. The monoisotopic (exact) mass is 582 g/mol. The van der Waals surface area contributed by atoms with Crippen molar-refractivity contribution in [3.05, 3.63) is 72.3 Å². The molecule has 0 unspecified atom stereocenters. The molecule has 7 rings (SSSR count). The molecule has 4 heteroatoms. The molecule has 42 heavy (non-hydrogen) atoms. The summed E-state index contributed by atoms with van der Waals surface area (Å²) in [6.07, 6.45) is 9.43. The lowest BCUT2D eigenvalue weighted by Gasteiger charge is -2.57. The lowest BCUT2D eigenvalue weighted by atomic mass is 9.46. The van der Waals surface area contributed by atoms with E-state index in [2.05, 4.69) is 102 Å². The first-order valence-electron chi connectivity index (χ1n) is 16.7. The van der Waals surface area contributed by atoms with Gasteiger partial charge in [-0.25, -0.2) is 0 Å². The van der Waals surface area contributed by atoms with Crippen LogP contribution in [0.2, 0.25) is 5.04 Å². The van der Waals surface area contributed by atoms with Crippen molar-refractivity contribution in [2.24, 2.45) is 40.4 Å². The van der Waals surface area contributed by atoms with Crippen LogP contribution in [0.1, 0.15) is 80.1 Å². The normalized spacial score (nSPS) is 38.0. The molecule has 224 valence electrons. The van der Waals surface area contributed by atoms with Crippen LogP contribution < -0.4 is 10.4 Å². The summed E-state index contributed by atoms with van der Waals surface area (Å²) in [5, 5.41) is 2.74. The van der Waals surface area contributed by atoms with Crippen LogP contribution >= 0.6 is 0 Å². The van der Waals surface area contributed by atoms with Crippen LogP contribution in [-0.4, -0.2) is 32.9 Å². The van der Waals surface area contributed by atoms with Gasteiger partial charge in [-0.3, -0.25) is 4.79 Å². The van der Waals surface area contributed by atoms with E-state index in [9.17, 15) is 4.79 Å². The Bertz CT molecular complexity index is 1320. The third-order valence-electron chi connectivity index (χ3n) is 13.0. The molecule has 4 aliphatic carbocycles. The molecule has 1 aliphatic heterocycles. The highest BCUT2D eigenvalue weighted by atomic mass is 28.4. The Balaban J connectivity index is 1.16. The molecule has 9 atom stereocenters. The molecular formula is C38H50O3Si. The number of rotatable bonds is 6. The summed E-state index contributed by atoms with van der Waals surface area (Å²) in [4.78, 5) is 12.4. The van der Waals surface area contributed by atoms with Crippen molar-refractivity contribution in [3.63, 3.8) is 0 Å². The second-order valence-electron chi connectivity index (χ2n) is 16.0. The molecular weight excluding hydrogens is 533 g/mol. The average molecular weight is 583 g/mol. The first-order valence-corrected chi connectivity index (χ1v) is 18.6. The Kier molecular flexibility index (Phi) is 6.85. The van der Waals surface area contributed by atoms with Crippen molar-refractivity contribution < 1.29 is 14.0 Å². The molecule has 1 heterocycles. The second-order valence-corrected chi connectivity index (χ2v) is 20.3. The molecule has 4 fully saturated rings. The van der Waals surface area contributed by atoms with Crippen molar-refractivity contribution in [1.82, 2.24) is 0 Å². The van der Waals surface area contributed by atoms with E-state index < -0.39 is 8.32 Å². The van der Waals surface area contributed by atoms with Crippen LogP contribution in [0.15, 0.2) is 72.3 Å². The molecule has 0 radical (unpaired) electrons. The summed E-state index contributed by atoms with van der Waals surface area (Å²) < 4.78 is 13.9. The van der Waals surface area contributed by atoms with Crippen molar-refractivity contribution >= 4 is 24.5 Å². The van der Waals surface area contributed by atoms with Crippen LogP contribution in [0.25, 0.3) is 0 Å². The molecule has 0 spiro atoms. The number of ketones is 1. The van der Waals surface area contributed by atoms with E-state index in [-0.39, 0.29) is 16.6 Å². The predicted molar refractivity (Wildman–Crippen MR) is 172 cm³/mol. The van der Waals surface area contributed by atoms with Gasteiger partial charge in [0.1, 0.15) is 6.10 Å². The molecule has 0 aromatic heterocycles. The predicted octanol–water partition coefficient (Wildman–Crippen LogP) is 7.33. The van der Waals surface area contributed by atoms with E-state index in [1.807, 2.05) is 6.08 Å². The van der Waals surface area contributed by atoms with Gasteiger partial charge in [0.2, 0.25) is 0 Å². The molecule has 0 bridgehead atoms. The maximum Gasteiger partial charge on any atom is 0.261 e. The topological polar surface area (TPSA) is 38.8 Å². The van der Waals surface area contributed by atoms with Gasteiger partial charge >= 0.3 is 0 Å². The third-order valence-corrected chi connectivity index (χ3v) is 18.0. The Hall–Kier alpha value is -2.01. The van der Waals surface area contributed by atoms with Gasteiger partial charge in [-0.1, -0.05) is 102 Å². The largest absolute Gasteiger partial charge is 0.407 e. The van der Waals surface area contributed by atoms with E-state index in [1.165, 1.54) is 41.6 Å². The van der Waals surface area contributed by atoms with E-state index >= 15 is 0 Å². The molecule has 5 aliphatic rings. The summed E-state index contributed by atoms with van der Waals surface area (Å²) in [7, 11) is -2.55. The van der Waals surface area contributed by atoms with Crippen LogP contribution in [0.3, 0.4) is 0 Å². The first kappa shape index (κ1) is 28.7. The third kappa shape index (κ3) is 4.14. The van der Waals surface area contributed by atoms with Gasteiger partial charge in [0.25, 0.3) is 8.32 Å². The zero-order valence-corrected chi connectivity index (χ0v) is 27.6. The van der Waals surface area contributed by atoms with Gasteiger partial charge in [0.15, 0.2) is 5.78 Å². The van der Waals surface area contributed by atoms with Gasteiger partial charge in [0, 0.05) is 13.0 Å². The lowest BCUT2D eigenvalue weighted by Crippen LogP contribution is -2.67. The van der Waals surface area contributed by atoms with Crippen LogP contribution in [0, 0.1) is 40.4 Å². The fourth-order valence-corrected chi connectivity index (χ4v) is 15.6. The number of fused-ring (bicyclic) bond motifs is 8. The van der Waals surface area contributed by atoms with Gasteiger partial charge in [0.05, 0.1) is 6.10 Å². The maximum absolute atomic E-state index is 12.4. The van der Waals surface area contributed by atoms with Crippen molar-refractivity contribution in [1.29, 1.82) is 0 Å². The maximum atomic E-state index is 12.4. The summed E-state index contributed by atoms with van der Waals surface area (Å²) in [6.45, 7) is 15.5. The highest BCUT2D eigenvalue weighted by molar-refractivity contribution is 6.99. The molecule has 2 aromatic rings. The number of benzene rings is 2. The number of ether oxygens (including phenoxy) is 1. The minimum atomic E-state index is -2.55. The van der Waals surface area contributed by atoms with Gasteiger partial charge < -0.3 is 9.16 Å². The van der Waals surface area contributed by atoms with Gasteiger partial charge in [-0.05, 0) is 99.6 Å². The Morgan fingerprint density at radius 2 is 1.57 bits per heavy atom. The minimum absolute atomic E-state index is 0.00191. The van der Waals surface area contributed by atoms with Crippen LogP contribution in [0.4, 0.5) is 0 Å². The van der Waals surface area contributed by atoms with Crippen LogP contribution in [-0.2, 0) is 14.0 Å². The number of epoxide rings is 1. The lowest BCUT2D eigenvalue weighted by molar-refractivity contribution is -0.117. The highest BCUT2D eigenvalue weighted by Crippen LogP contribution is 2.70. The van der Waals surface area contributed by atoms with Gasteiger partial charge in [-0.15, -0.1) is 0 Å². The summed E-state index contributed by atoms with van der Waals surface area (Å²) >= 11 is 0. The van der Waals surface area contributed by atoms with E-state index in [0.29, 0.717) is 53.3 Å². The highest BCUT2D eigenvalue weighted by Gasteiger charge is 2.69.